The van der Waals surface area contributed by atoms with Gasteiger partial charge in [0.1, 0.15) is 11.5 Å². The van der Waals surface area contributed by atoms with Gasteiger partial charge < -0.3 is 10.5 Å². The van der Waals surface area contributed by atoms with Crippen LogP contribution in [0, 0.1) is 0 Å². The second-order valence-corrected chi connectivity index (χ2v) is 6.00. The zero-order valence-corrected chi connectivity index (χ0v) is 13.0. The molecule has 0 fully saturated rings. The van der Waals surface area contributed by atoms with Crippen LogP contribution in [0.3, 0.4) is 0 Å². The maximum absolute atomic E-state index is 6.29. The third kappa shape index (κ3) is 3.29. The van der Waals surface area contributed by atoms with Crippen molar-refractivity contribution in [2.75, 3.05) is 5.73 Å². The number of nitrogens with two attached hydrogens (primary N) is 1. The van der Waals surface area contributed by atoms with Crippen LogP contribution in [0.5, 0.6) is 11.5 Å². The molecule has 0 bridgehead atoms. The van der Waals surface area contributed by atoms with Gasteiger partial charge in [0.25, 0.3) is 0 Å². The Balaban J connectivity index is 1.85. The Kier molecular flexibility index (Phi) is 4.01. The first-order valence-electron chi connectivity index (χ1n) is 6.06. The molecule has 6 heteroatoms. The summed E-state index contributed by atoms with van der Waals surface area (Å²) in [6.07, 6.45) is 0. The Hall–Kier alpha value is -1.75. The van der Waals surface area contributed by atoms with E-state index in [-0.39, 0.29) is 0 Å². The zero-order valence-electron chi connectivity index (χ0n) is 10.7. The van der Waals surface area contributed by atoms with E-state index in [0.29, 0.717) is 26.7 Å². The molecule has 0 saturated carbocycles. The number of hydrogen-bond donors (Lipinski definition) is 1. The van der Waals surface area contributed by atoms with E-state index in [1.807, 2.05) is 17.5 Å². The Bertz CT molecular complexity index is 772. The summed E-state index contributed by atoms with van der Waals surface area (Å²) >= 11 is 13.5. The van der Waals surface area contributed by atoms with Gasteiger partial charge in [-0.1, -0.05) is 23.2 Å². The molecule has 0 aliphatic heterocycles. The molecular weight excluding hydrogens is 327 g/mol. The van der Waals surface area contributed by atoms with Crippen LogP contribution in [0.15, 0.2) is 47.8 Å². The van der Waals surface area contributed by atoms with Crippen LogP contribution in [-0.4, -0.2) is 4.98 Å². The molecule has 0 radical (unpaired) electrons. The highest BCUT2D eigenvalue weighted by Gasteiger charge is 2.09. The predicted octanol–water partition coefficient (Wildman–Crippen LogP) is 5.49. The maximum atomic E-state index is 6.29. The van der Waals surface area contributed by atoms with Gasteiger partial charge >= 0.3 is 0 Å². The van der Waals surface area contributed by atoms with Crippen LogP contribution in [0.2, 0.25) is 10.0 Å². The van der Waals surface area contributed by atoms with E-state index in [0.717, 1.165) is 11.3 Å². The Morgan fingerprint density at radius 3 is 2.33 bits per heavy atom. The predicted molar refractivity (Wildman–Crippen MR) is 88.5 cm³/mol. The number of ether oxygens (including phenoxy) is 1. The lowest BCUT2D eigenvalue weighted by Gasteiger charge is -2.08. The van der Waals surface area contributed by atoms with Gasteiger partial charge in [-0.2, -0.15) is 0 Å². The van der Waals surface area contributed by atoms with E-state index in [2.05, 4.69) is 4.98 Å². The molecule has 3 aromatic rings. The lowest BCUT2D eigenvalue weighted by Crippen LogP contribution is -1.87. The van der Waals surface area contributed by atoms with Gasteiger partial charge in [-0.15, -0.1) is 11.3 Å². The fraction of sp³-hybridized carbons (Fsp3) is 0. The van der Waals surface area contributed by atoms with Gasteiger partial charge in [-0.25, -0.2) is 4.98 Å². The number of aromatic nitrogens is 1. The number of thiazole rings is 1. The summed E-state index contributed by atoms with van der Waals surface area (Å²) in [5, 5.41) is 3.61. The summed E-state index contributed by atoms with van der Waals surface area (Å²) < 4.78 is 5.72. The molecule has 1 heterocycles. The number of rotatable bonds is 3. The Labute approximate surface area is 135 Å². The van der Waals surface area contributed by atoms with E-state index in [9.17, 15) is 0 Å². The van der Waals surface area contributed by atoms with Crippen molar-refractivity contribution in [2.45, 2.75) is 0 Å². The topological polar surface area (TPSA) is 48.1 Å². The summed E-state index contributed by atoms with van der Waals surface area (Å²) in [7, 11) is 0. The van der Waals surface area contributed by atoms with Crippen molar-refractivity contribution in [1.29, 1.82) is 0 Å². The Morgan fingerprint density at radius 2 is 1.71 bits per heavy atom. The number of nitrogen functional groups attached to an aromatic ring is 1. The first kappa shape index (κ1) is 14.2. The third-order valence-corrected chi connectivity index (χ3v) is 4.03. The minimum absolute atomic E-state index is 0.516. The molecule has 0 aliphatic carbocycles. The maximum Gasteiger partial charge on any atom is 0.180 e. The van der Waals surface area contributed by atoms with Crippen LogP contribution < -0.4 is 10.5 Å². The second kappa shape index (κ2) is 5.93. The van der Waals surface area contributed by atoms with Gasteiger partial charge in [0.15, 0.2) is 5.13 Å². The van der Waals surface area contributed by atoms with E-state index < -0.39 is 0 Å². The minimum atomic E-state index is 0.516. The van der Waals surface area contributed by atoms with E-state index in [1.54, 1.807) is 30.3 Å². The van der Waals surface area contributed by atoms with Gasteiger partial charge in [0.2, 0.25) is 0 Å². The fourth-order valence-electron chi connectivity index (χ4n) is 1.82. The molecule has 106 valence electrons. The molecule has 21 heavy (non-hydrogen) atoms. The average Bonchev–Trinajstić information content (AvgIpc) is 2.88. The van der Waals surface area contributed by atoms with E-state index in [4.69, 9.17) is 33.7 Å². The van der Waals surface area contributed by atoms with Crippen LogP contribution in [-0.2, 0) is 0 Å². The van der Waals surface area contributed by atoms with Gasteiger partial charge in [0, 0.05) is 22.0 Å². The SMILES string of the molecule is Nc1nc(-c2ccc(Oc3ccc(Cl)cc3)cc2Cl)cs1. The first-order chi connectivity index (χ1) is 10.1. The Morgan fingerprint density at radius 1 is 1.00 bits per heavy atom. The van der Waals surface area contributed by atoms with Gasteiger partial charge in [-0.05, 0) is 36.4 Å². The standard InChI is InChI=1S/C15H10Cl2N2OS/c16-9-1-3-10(4-2-9)20-11-5-6-12(13(17)7-11)14-8-21-15(18)19-14/h1-8H,(H2,18,19). The van der Waals surface area contributed by atoms with Gasteiger partial charge in [-0.3, -0.25) is 0 Å². The zero-order chi connectivity index (χ0) is 14.8. The second-order valence-electron chi connectivity index (χ2n) is 4.27. The number of anilines is 1. The highest BCUT2D eigenvalue weighted by atomic mass is 35.5. The molecule has 0 aliphatic rings. The molecule has 0 saturated heterocycles. The summed E-state index contributed by atoms with van der Waals surface area (Å²) in [5.41, 5.74) is 7.23. The van der Waals surface area contributed by atoms with Crippen molar-refractivity contribution in [3.05, 3.63) is 57.9 Å². The summed E-state index contributed by atoms with van der Waals surface area (Å²) in [6, 6.07) is 12.6. The molecule has 0 unspecified atom stereocenters. The molecular formula is C15H10Cl2N2OS. The monoisotopic (exact) mass is 336 g/mol. The average molecular weight is 337 g/mol. The van der Waals surface area contributed by atoms with Crippen molar-refractivity contribution in [3.63, 3.8) is 0 Å². The van der Waals surface area contributed by atoms with Crippen molar-refractivity contribution in [1.82, 2.24) is 4.98 Å². The third-order valence-electron chi connectivity index (χ3n) is 2.79. The quantitative estimate of drug-likeness (QED) is 0.687. The largest absolute Gasteiger partial charge is 0.457 e. The van der Waals surface area contributed by atoms with Crippen molar-refractivity contribution < 1.29 is 4.74 Å². The summed E-state index contributed by atoms with van der Waals surface area (Å²) in [4.78, 5) is 4.22. The molecule has 3 rings (SSSR count). The van der Waals surface area contributed by atoms with Crippen molar-refractivity contribution in [2.24, 2.45) is 0 Å². The molecule has 3 nitrogen and oxygen atoms in total. The van der Waals surface area contributed by atoms with Crippen molar-refractivity contribution >= 4 is 39.7 Å². The fourth-order valence-corrected chi connectivity index (χ4v) is 2.77. The van der Waals surface area contributed by atoms with E-state index >= 15 is 0 Å². The summed E-state index contributed by atoms with van der Waals surface area (Å²) in [6.45, 7) is 0. The molecule has 2 N–H and O–H groups in total. The minimum Gasteiger partial charge on any atom is -0.457 e. The number of nitrogens with zero attached hydrogens (tertiary/aromatic N) is 1. The summed E-state index contributed by atoms with van der Waals surface area (Å²) in [5.74, 6) is 1.34. The normalized spacial score (nSPS) is 10.6. The lowest BCUT2D eigenvalue weighted by atomic mass is 10.1. The molecule has 0 amide bonds. The first-order valence-corrected chi connectivity index (χ1v) is 7.70. The lowest BCUT2D eigenvalue weighted by molar-refractivity contribution is 0.483. The van der Waals surface area contributed by atoms with Crippen molar-refractivity contribution in [3.8, 4) is 22.8 Å². The van der Waals surface area contributed by atoms with E-state index in [1.165, 1.54) is 11.3 Å². The number of benzene rings is 2. The van der Waals surface area contributed by atoms with Gasteiger partial charge in [0.05, 0.1) is 10.7 Å². The van der Waals surface area contributed by atoms with Crippen LogP contribution >= 0.6 is 34.5 Å². The molecule has 2 aromatic carbocycles. The van der Waals surface area contributed by atoms with Crippen LogP contribution in [0.4, 0.5) is 5.13 Å². The number of halogens is 2. The highest BCUT2D eigenvalue weighted by molar-refractivity contribution is 7.13. The highest BCUT2D eigenvalue weighted by Crippen LogP contribution is 2.34. The number of hydrogen-bond acceptors (Lipinski definition) is 4. The van der Waals surface area contributed by atoms with Crippen LogP contribution in [0.25, 0.3) is 11.3 Å². The van der Waals surface area contributed by atoms with Crippen LogP contribution in [0.1, 0.15) is 0 Å². The smallest absolute Gasteiger partial charge is 0.180 e. The molecule has 1 aromatic heterocycles. The molecule has 0 spiro atoms. The molecule has 0 atom stereocenters.